The molecule has 0 saturated carbocycles. The fraction of sp³-hybridized carbons (Fsp3) is 0.250. The summed E-state index contributed by atoms with van der Waals surface area (Å²) in [5, 5.41) is 0. The number of sulfonamides is 1. The molecule has 1 aliphatic rings. The molecule has 1 N–H and O–H groups in total. The topological polar surface area (TPSA) is 64.6 Å². The molecule has 0 spiro atoms. The lowest BCUT2D eigenvalue weighted by Crippen LogP contribution is -2.17. The first kappa shape index (κ1) is 14.7. The van der Waals surface area contributed by atoms with E-state index in [9.17, 15) is 8.42 Å². The Labute approximate surface area is 129 Å². The lowest BCUT2D eigenvalue weighted by Gasteiger charge is -2.19. The van der Waals surface area contributed by atoms with E-state index in [4.69, 9.17) is 9.47 Å². The normalized spacial score (nSPS) is 13.7. The second-order valence-corrected chi connectivity index (χ2v) is 6.89. The highest BCUT2D eigenvalue weighted by molar-refractivity contribution is 7.92. The van der Waals surface area contributed by atoms with Crippen LogP contribution in [-0.2, 0) is 10.0 Å². The van der Waals surface area contributed by atoms with Gasteiger partial charge in [-0.2, -0.15) is 0 Å². The Bertz CT molecular complexity index is 815. The Kier molecular flexibility index (Phi) is 3.70. The van der Waals surface area contributed by atoms with Gasteiger partial charge in [-0.25, -0.2) is 8.42 Å². The van der Waals surface area contributed by atoms with E-state index < -0.39 is 10.0 Å². The van der Waals surface area contributed by atoms with E-state index >= 15 is 0 Å². The molecule has 3 rings (SSSR count). The van der Waals surface area contributed by atoms with Crippen molar-refractivity contribution in [1.82, 2.24) is 0 Å². The summed E-state index contributed by atoms with van der Waals surface area (Å²) in [6.07, 6.45) is 0. The van der Waals surface area contributed by atoms with Crippen molar-refractivity contribution in [3.63, 3.8) is 0 Å². The number of fused-ring (bicyclic) bond motifs is 1. The predicted molar refractivity (Wildman–Crippen MR) is 84.2 cm³/mol. The zero-order chi connectivity index (χ0) is 15.7. The quantitative estimate of drug-likeness (QED) is 0.945. The van der Waals surface area contributed by atoms with Gasteiger partial charge in [0.2, 0.25) is 0 Å². The van der Waals surface area contributed by atoms with Gasteiger partial charge in [-0.1, -0.05) is 6.07 Å². The summed E-state index contributed by atoms with van der Waals surface area (Å²) in [4.78, 5) is 0.148. The molecule has 0 radical (unpaired) electrons. The van der Waals surface area contributed by atoms with Crippen LogP contribution in [0.3, 0.4) is 0 Å². The maximum absolute atomic E-state index is 12.5. The highest BCUT2D eigenvalue weighted by Crippen LogP contribution is 2.32. The lowest BCUT2D eigenvalue weighted by atomic mass is 10.1. The number of rotatable bonds is 3. The minimum Gasteiger partial charge on any atom is -0.486 e. The van der Waals surface area contributed by atoms with Crippen LogP contribution in [-0.4, -0.2) is 21.6 Å². The van der Waals surface area contributed by atoms with Crippen molar-refractivity contribution in [1.29, 1.82) is 0 Å². The van der Waals surface area contributed by atoms with E-state index in [1.807, 2.05) is 26.0 Å². The number of hydrogen-bond donors (Lipinski definition) is 1. The van der Waals surface area contributed by atoms with Crippen molar-refractivity contribution in [2.45, 2.75) is 18.7 Å². The van der Waals surface area contributed by atoms with Crippen molar-refractivity contribution in [3.05, 3.63) is 47.5 Å². The number of aryl methyl sites for hydroxylation is 2. The van der Waals surface area contributed by atoms with E-state index in [-0.39, 0.29) is 4.90 Å². The van der Waals surface area contributed by atoms with Crippen molar-refractivity contribution in [3.8, 4) is 11.5 Å². The summed E-state index contributed by atoms with van der Waals surface area (Å²) < 4.78 is 38.4. The molecule has 0 bridgehead atoms. The van der Waals surface area contributed by atoms with Gasteiger partial charge < -0.3 is 9.47 Å². The Morgan fingerprint density at radius 1 is 0.909 bits per heavy atom. The molecule has 2 aromatic carbocycles. The Morgan fingerprint density at radius 2 is 1.64 bits per heavy atom. The van der Waals surface area contributed by atoms with Crippen molar-refractivity contribution in [2.24, 2.45) is 0 Å². The number of anilines is 1. The first-order chi connectivity index (χ1) is 10.5. The summed E-state index contributed by atoms with van der Waals surface area (Å²) >= 11 is 0. The van der Waals surface area contributed by atoms with Gasteiger partial charge in [-0.05, 0) is 49.2 Å². The standard InChI is InChI=1S/C16H17NO4S/c1-11-3-4-13(9-12(11)2)17-22(18,19)14-5-6-15-16(10-14)21-8-7-20-15/h3-6,9-10,17H,7-8H2,1-2H3. The second-order valence-electron chi connectivity index (χ2n) is 5.21. The van der Waals surface area contributed by atoms with E-state index in [0.717, 1.165) is 11.1 Å². The Balaban J connectivity index is 1.90. The van der Waals surface area contributed by atoms with Crippen LogP contribution < -0.4 is 14.2 Å². The van der Waals surface area contributed by atoms with Gasteiger partial charge in [0.05, 0.1) is 4.90 Å². The van der Waals surface area contributed by atoms with Crippen LogP contribution in [0.2, 0.25) is 0 Å². The van der Waals surface area contributed by atoms with Gasteiger partial charge in [-0.15, -0.1) is 0 Å². The second kappa shape index (κ2) is 5.53. The number of ether oxygens (including phenoxy) is 2. The first-order valence-electron chi connectivity index (χ1n) is 6.95. The summed E-state index contributed by atoms with van der Waals surface area (Å²) in [5.41, 5.74) is 2.68. The summed E-state index contributed by atoms with van der Waals surface area (Å²) in [5.74, 6) is 1.02. The molecule has 0 atom stereocenters. The molecule has 1 heterocycles. The van der Waals surface area contributed by atoms with Gasteiger partial charge in [0.1, 0.15) is 13.2 Å². The molecular weight excluding hydrogens is 302 g/mol. The molecule has 6 heteroatoms. The Morgan fingerprint density at radius 3 is 2.36 bits per heavy atom. The SMILES string of the molecule is Cc1ccc(NS(=O)(=O)c2ccc3c(c2)OCCO3)cc1C. The van der Waals surface area contributed by atoms with E-state index in [1.54, 1.807) is 12.1 Å². The molecule has 1 aliphatic heterocycles. The van der Waals surface area contributed by atoms with Crippen LogP contribution in [0, 0.1) is 13.8 Å². The molecular formula is C16H17NO4S. The molecule has 0 aliphatic carbocycles. The molecule has 116 valence electrons. The van der Waals surface area contributed by atoms with Crippen LogP contribution in [0.5, 0.6) is 11.5 Å². The third-order valence-electron chi connectivity index (χ3n) is 3.58. The van der Waals surface area contributed by atoms with Crippen LogP contribution in [0.1, 0.15) is 11.1 Å². The van der Waals surface area contributed by atoms with Crippen LogP contribution >= 0.6 is 0 Å². The summed E-state index contributed by atoms with van der Waals surface area (Å²) in [6, 6.07) is 10.1. The van der Waals surface area contributed by atoms with E-state index in [0.29, 0.717) is 30.4 Å². The van der Waals surface area contributed by atoms with E-state index in [1.165, 1.54) is 12.1 Å². The van der Waals surface area contributed by atoms with Gasteiger partial charge in [0, 0.05) is 11.8 Å². The van der Waals surface area contributed by atoms with Crippen molar-refractivity contribution in [2.75, 3.05) is 17.9 Å². The van der Waals surface area contributed by atoms with Crippen LogP contribution in [0.15, 0.2) is 41.3 Å². The summed E-state index contributed by atoms with van der Waals surface area (Å²) in [7, 11) is -3.66. The first-order valence-corrected chi connectivity index (χ1v) is 8.44. The average Bonchev–Trinajstić information content (AvgIpc) is 2.50. The molecule has 0 saturated heterocycles. The smallest absolute Gasteiger partial charge is 0.262 e. The highest BCUT2D eigenvalue weighted by Gasteiger charge is 2.19. The van der Waals surface area contributed by atoms with Gasteiger partial charge >= 0.3 is 0 Å². The number of benzene rings is 2. The van der Waals surface area contributed by atoms with Crippen LogP contribution in [0.4, 0.5) is 5.69 Å². The fourth-order valence-corrected chi connectivity index (χ4v) is 3.27. The molecule has 0 fully saturated rings. The highest BCUT2D eigenvalue weighted by atomic mass is 32.2. The third kappa shape index (κ3) is 2.87. The molecule has 0 aromatic heterocycles. The monoisotopic (exact) mass is 319 g/mol. The van der Waals surface area contributed by atoms with Gasteiger partial charge in [-0.3, -0.25) is 4.72 Å². The molecule has 5 nitrogen and oxygen atoms in total. The zero-order valence-corrected chi connectivity index (χ0v) is 13.2. The average molecular weight is 319 g/mol. The Hall–Kier alpha value is -2.21. The van der Waals surface area contributed by atoms with Gasteiger partial charge in [0.25, 0.3) is 10.0 Å². The van der Waals surface area contributed by atoms with Gasteiger partial charge in [0.15, 0.2) is 11.5 Å². The molecule has 22 heavy (non-hydrogen) atoms. The minimum atomic E-state index is -3.66. The van der Waals surface area contributed by atoms with Crippen LogP contribution in [0.25, 0.3) is 0 Å². The molecule has 0 unspecified atom stereocenters. The third-order valence-corrected chi connectivity index (χ3v) is 4.96. The maximum Gasteiger partial charge on any atom is 0.262 e. The zero-order valence-electron chi connectivity index (χ0n) is 12.4. The molecule has 2 aromatic rings. The molecule has 0 amide bonds. The number of hydrogen-bond acceptors (Lipinski definition) is 4. The lowest BCUT2D eigenvalue weighted by molar-refractivity contribution is 0.171. The maximum atomic E-state index is 12.5. The summed E-state index contributed by atoms with van der Waals surface area (Å²) in [6.45, 7) is 4.81. The minimum absolute atomic E-state index is 0.148. The van der Waals surface area contributed by atoms with E-state index in [2.05, 4.69) is 4.72 Å². The predicted octanol–water partition coefficient (Wildman–Crippen LogP) is 2.88. The number of nitrogens with one attached hydrogen (secondary N) is 1. The van der Waals surface area contributed by atoms with Crippen molar-refractivity contribution >= 4 is 15.7 Å². The van der Waals surface area contributed by atoms with Crippen molar-refractivity contribution < 1.29 is 17.9 Å². The largest absolute Gasteiger partial charge is 0.486 e. The fourth-order valence-electron chi connectivity index (χ4n) is 2.21.